The molecular weight excluding hydrogens is 456 g/mol. The molecule has 2 aromatic carbocycles. The first-order valence-electron chi connectivity index (χ1n) is 12.7. The van der Waals surface area contributed by atoms with E-state index in [2.05, 4.69) is 5.32 Å². The second-order valence-corrected chi connectivity index (χ2v) is 9.89. The lowest BCUT2D eigenvalue weighted by Gasteiger charge is -2.37. The average molecular weight is 495 g/mol. The highest BCUT2D eigenvalue weighted by atomic mass is 16.5. The van der Waals surface area contributed by atoms with Gasteiger partial charge in [-0.05, 0) is 64.2 Å². The number of aryl methyl sites for hydroxylation is 1. The Kier molecular flexibility index (Phi) is 9.65. The molecule has 3 atom stereocenters. The van der Waals surface area contributed by atoms with Gasteiger partial charge in [-0.25, -0.2) is 4.79 Å². The van der Waals surface area contributed by atoms with Gasteiger partial charge in [-0.3, -0.25) is 14.9 Å². The molecule has 194 valence electrons. The number of hydrogen-bond donors (Lipinski definition) is 1. The third-order valence-corrected chi connectivity index (χ3v) is 6.18. The normalized spacial score (nSPS) is 16.9. The van der Waals surface area contributed by atoms with Crippen molar-refractivity contribution in [2.24, 2.45) is 0 Å². The highest BCUT2D eigenvalue weighted by Gasteiger charge is 2.38. The summed E-state index contributed by atoms with van der Waals surface area (Å²) < 4.78 is 11.0. The summed E-state index contributed by atoms with van der Waals surface area (Å²) in [6.07, 6.45) is 0.989. The van der Waals surface area contributed by atoms with E-state index >= 15 is 0 Å². The van der Waals surface area contributed by atoms with Gasteiger partial charge in [-0.15, -0.1) is 0 Å². The van der Waals surface area contributed by atoms with Gasteiger partial charge in [0, 0.05) is 13.0 Å². The van der Waals surface area contributed by atoms with Crippen molar-refractivity contribution >= 4 is 17.8 Å². The number of carbonyl (C=O) groups is 3. The first-order valence-corrected chi connectivity index (χ1v) is 12.7. The van der Waals surface area contributed by atoms with Gasteiger partial charge in [0.25, 0.3) is 0 Å². The number of hydrogen-bond acceptors (Lipinski definition) is 6. The Morgan fingerprint density at radius 2 is 1.50 bits per heavy atom. The molecule has 0 unspecified atom stereocenters. The van der Waals surface area contributed by atoms with Gasteiger partial charge in [-0.1, -0.05) is 54.6 Å². The van der Waals surface area contributed by atoms with Gasteiger partial charge >= 0.3 is 11.9 Å². The molecule has 1 N–H and O–H groups in total. The molecule has 7 heteroatoms. The SMILES string of the molecule is CC(C)OC(=O)[C@H](CCc1ccccc1)N[C@@H](C)C(=O)N1Cc2ccccc2C[C@H]1C(=O)OC(C)C. The van der Waals surface area contributed by atoms with Crippen LogP contribution in [0.15, 0.2) is 54.6 Å². The zero-order valence-electron chi connectivity index (χ0n) is 21.9. The van der Waals surface area contributed by atoms with Gasteiger partial charge in [-0.2, -0.15) is 0 Å². The van der Waals surface area contributed by atoms with Crippen molar-refractivity contribution in [3.63, 3.8) is 0 Å². The molecule has 1 amide bonds. The number of carbonyl (C=O) groups excluding carboxylic acids is 3. The highest BCUT2D eigenvalue weighted by Crippen LogP contribution is 2.25. The third kappa shape index (κ3) is 7.40. The smallest absolute Gasteiger partial charge is 0.329 e. The molecule has 1 heterocycles. The lowest BCUT2D eigenvalue weighted by molar-refractivity contribution is -0.160. The minimum atomic E-state index is -0.718. The quantitative estimate of drug-likeness (QED) is 0.506. The largest absolute Gasteiger partial charge is 0.462 e. The topological polar surface area (TPSA) is 84.9 Å². The molecule has 1 aliphatic rings. The summed E-state index contributed by atoms with van der Waals surface area (Å²) in [5.41, 5.74) is 3.14. The fourth-order valence-electron chi connectivity index (χ4n) is 4.44. The molecule has 0 fully saturated rings. The van der Waals surface area contributed by atoms with Crippen LogP contribution in [0.5, 0.6) is 0 Å². The van der Waals surface area contributed by atoms with Gasteiger partial charge in [0.05, 0.1) is 18.2 Å². The van der Waals surface area contributed by atoms with Crippen molar-refractivity contribution in [1.82, 2.24) is 10.2 Å². The molecule has 0 spiro atoms. The second-order valence-electron chi connectivity index (χ2n) is 9.89. The van der Waals surface area contributed by atoms with E-state index in [0.717, 1.165) is 16.7 Å². The predicted molar refractivity (Wildman–Crippen MR) is 138 cm³/mol. The summed E-state index contributed by atoms with van der Waals surface area (Å²) >= 11 is 0. The number of fused-ring (bicyclic) bond motifs is 1. The minimum absolute atomic E-state index is 0.253. The monoisotopic (exact) mass is 494 g/mol. The molecule has 0 aromatic heterocycles. The lowest BCUT2D eigenvalue weighted by atomic mass is 9.93. The van der Waals surface area contributed by atoms with Crippen molar-refractivity contribution in [2.75, 3.05) is 0 Å². The van der Waals surface area contributed by atoms with Gasteiger partial charge in [0.15, 0.2) is 0 Å². The molecule has 0 radical (unpaired) electrons. The maximum Gasteiger partial charge on any atom is 0.329 e. The van der Waals surface area contributed by atoms with E-state index < -0.39 is 24.1 Å². The van der Waals surface area contributed by atoms with Crippen LogP contribution in [-0.4, -0.2) is 53.1 Å². The molecule has 0 aliphatic carbocycles. The van der Waals surface area contributed by atoms with E-state index in [1.165, 1.54) is 0 Å². The number of esters is 2. The standard InChI is InChI=1S/C29H38N2O5/c1-19(2)35-28(33)25(16-15-22-11-7-6-8-12-22)30-21(5)27(32)31-18-24-14-10-9-13-23(24)17-26(31)29(34)36-20(3)4/h6-14,19-21,25-26,30H,15-18H2,1-5H3/t21-,25-,26-/m0/s1. The fraction of sp³-hybridized carbons (Fsp3) is 0.483. The highest BCUT2D eigenvalue weighted by molar-refractivity contribution is 5.89. The van der Waals surface area contributed by atoms with Crippen LogP contribution in [0.3, 0.4) is 0 Å². The molecule has 3 rings (SSSR count). The van der Waals surface area contributed by atoms with Crippen molar-refractivity contribution < 1.29 is 23.9 Å². The minimum Gasteiger partial charge on any atom is -0.462 e. The summed E-state index contributed by atoms with van der Waals surface area (Å²) in [6.45, 7) is 9.23. The van der Waals surface area contributed by atoms with E-state index in [1.807, 2.05) is 54.6 Å². The van der Waals surface area contributed by atoms with Crippen molar-refractivity contribution in [3.8, 4) is 0 Å². The van der Waals surface area contributed by atoms with Crippen LogP contribution in [0.4, 0.5) is 0 Å². The number of ether oxygens (including phenoxy) is 2. The third-order valence-electron chi connectivity index (χ3n) is 6.18. The lowest BCUT2D eigenvalue weighted by Crippen LogP contribution is -2.57. The van der Waals surface area contributed by atoms with E-state index in [9.17, 15) is 14.4 Å². The van der Waals surface area contributed by atoms with Gasteiger partial charge in [0.1, 0.15) is 12.1 Å². The summed E-state index contributed by atoms with van der Waals surface area (Å²) in [6, 6.07) is 15.6. The second kappa shape index (κ2) is 12.7. The number of nitrogens with one attached hydrogen (secondary N) is 1. The van der Waals surface area contributed by atoms with E-state index in [-0.39, 0.29) is 24.1 Å². The zero-order valence-corrected chi connectivity index (χ0v) is 21.9. The van der Waals surface area contributed by atoms with Gasteiger partial charge < -0.3 is 14.4 Å². The van der Waals surface area contributed by atoms with Crippen LogP contribution in [0.2, 0.25) is 0 Å². The zero-order chi connectivity index (χ0) is 26.2. The molecule has 36 heavy (non-hydrogen) atoms. The Hall–Kier alpha value is -3.19. The Morgan fingerprint density at radius 1 is 0.889 bits per heavy atom. The Balaban J connectivity index is 1.77. The first kappa shape index (κ1) is 27.4. The van der Waals surface area contributed by atoms with E-state index in [0.29, 0.717) is 25.8 Å². The van der Waals surface area contributed by atoms with E-state index in [1.54, 1.807) is 39.5 Å². The first-order chi connectivity index (χ1) is 17.2. The Bertz CT molecular complexity index is 1040. The molecule has 1 aliphatic heterocycles. The number of benzene rings is 2. The maximum atomic E-state index is 13.7. The molecule has 0 saturated carbocycles. The molecular formula is C29H38N2O5. The van der Waals surface area contributed by atoms with Crippen LogP contribution in [0, 0.1) is 0 Å². The number of nitrogens with zero attached hydrogens (tertiary/aromatic N) is 1. The number of rotatable bonds is 10. The van der Waals surface area contributed by atoms with Crippen LogP contribution >= 0.6 is 0 Å². The summed E-state index contributed by atoms with van der Waals surface area (Å²) in [5.74, 6) is -1.06. The fourth-order valence-corrected chi connectivity index (χ4v) is 4.44. The summed E-state index contributed by atoms with van der Waals surface area (Å²) in [5, 5.41) is 3.20. The Labute approximate surface area is 214 Å². The van der Waals surface area contributed by atoms with Gasteiger partial charge in [0.2, 0.25) is 5.91 Å². The molecule has 0 bridgehead atoms. The Morgan fingerprint density at radius 3 is 2.14 bits per heavy atom. The molecule has 2 aromatic rings. The molecule has 7 nitrogen and oxygen atoms in total. The average Bonchev–Trinajstić information content (AvgIpc) is 2.84. The van der Waals surface area contributed by atoms with Crippen LogP contribution in [0.1, 0.15) is 57.7 Å². The van der Waals surface area contributed by atoms with Crippen LogP contribution < -0.4 is 5.32 Å². The van der Waals surface area contributed by atoms with Crippen molar-refractivity contribution in [2.45, 2.75) is 90.8 Å². The predicted octanol–water partition coefficient (Wildman–Crippen LogP) is 3.82. The van der Waals surface area contributed by atoms with Crippen LogP contribution in [0.25, 0.3) is 0 Å². The van der Waals surface area contributed by atoms with Crippen molar-refractivity contribution in [3.05, 3.63) is 71.3 Å². The van der Waals surface area contributed by atoms with Crippen molar-refractivity contribution in [1.29, 1.82) is 0 Å². The summed E-state index contributed by atoms with van der Waals surface area (Å²) in [4.78, 5) is 41.1. The van der Waals surface area contributed by atoms with Crippen LogP contribution in [-0.2, 0) is 43.2 Å². The van der Waals surface area contributed by atoms with E-state index in [4.69, 9.17) is 9.47 Å². The molecule has 0 saturated heterocycles. The number of amides is 1. The summed E-state index contributed by atoms with van der Waals surface area (Å²) in [7, 11) is 0. The maximum absolute atomic E-state index is 13.7.